The van der Waals surface area contributed by atoms with Gasteiger partial charge in [0.1, 0.15) is 17.5 Å². The largest absolute Gasteiger partial charge is 1.00 e. The van der Waals surface area contributed by atoms with Crippen molar-refractivity contribution >= 4 is 59.3 Å². The topological polar surface area (TPSA) is 178 Å². The van der Waals surface area contributed by atoms with Crippen LogP contribution in [0.15, 0.2) is 87.6 Å². The number of nitrogens with zero attached hydrogens (tertiary/aromatic N) is 4. The van der Waals surface area contributed by atoms with Gasteiger partial charge in [-0.2, -0.15) is 0 Å². The Morgan fingerprint density at radius 3 is 2.43 bits per heavy atom. The van der Waals surface area contributed by atoms with E-state index in [-0.39, 0.29) is 52.0 Å². The molecule has 0 spiro atoms. The summed E-state index contributed by atoms with van der Waals surface area (Å²) in [7, 11) is 1.28. The summed E-state index contributed by atoms with van der Waals surface area (Å²) in [6, 6.07) is 14.3. The van der Waals surface area contributed by atoms with Crippen LogP contribution in [-0.2, 0) is 19.2 Å². The van der Waals surface area contributed by atoms with Crippen LogP contribution in [0.1, 0.15) is 23.1 Å². The molecule has 2 N–H and O–H groups in total. The maximum Gasteiger partial charge on any atom is 1.00 e. The number of carboxylic acid groups (broad SMARTS) is 1. The number of likely N-dealkylation sites (N-methyl/N-ethyl adjacent to an activating group) is 1. The van der Waals surface area contributed by atoms with Crippen LogP contribution in [0.3, 0.4) is 0 Å². The first-order valence-electron chi connectivity index (χ1n) is 13.6. The number of carboxylic acids is 1. The maximum atomic E-state index is 13.6. The molecule has 16 heteroatoms. The summed E-state index contributed by atoms with van der Waals surface area (Å²) in [5.41, 5.74) is 1.37. The number of imide groups is 1. The van der Waals surface area contributed by atoms with Crippen LogP contribution in [0.5, 0.6) is 0 Å². The smallest absolute Gasteiger partial charge is 0.543 e. The first-order valence-corrected chi connectivity index (χ1v) is 15.6. The van der Waals surface area contributed by atoms with Crippen LogP contribution in [0.4, 0.5) is 4.79 Å². The average molecular weight is 671 g/mol. The Morgan fingerprint density at radius 2 is 1.80 bits per heavy atom. The van der Waals surface area contributed by atoms with E-state index in [1.54, 1.807) is 55.5 Å². The fourth-order valence-electron chi connectivity index (χ4n) is 4.61. The third kappa shape index (κ3) is 7.90. The molecule has 232 valence electrons. The summed E-state index contributed by atoms with van der Waals surface area (Å²) in [5, 5.41) is 24.5. The van der Waals surface area contributed by atoms with Gasteiger partial charge in [0.15, 0.2) is 0 Å². The van der Waals surface area contributed by atoms with Crippen LogP contribution in [0.2, 0.25) is 0 Å². The number of rotatable bonds is 10. The van der Waals surface area contributed by atoms with Crippen molar-refractivity contribution in [1.82, 2.24) is 30.6 Å². The Morgan fingerprint density at radius 1 is 1.13 bits per heavy atom. The molecule has 1 aromatic heterocycles. The van der Waals surface area contributed by atoms with Crippen molar-refractivity contribution in [2.24, 2.45) is 0 Å². The third-order valence-electron chi connectivity index (χ3n) is 6.93. The second-order valence-corrected chi connectivity index (χ2v) is 12.0. The number of nitrogens with one attached hydrogen (secondary N) is 2. The van der Waals surface area contributed by atoms with Crippen molar-refractivity contribution in [1.29, 1.82) is 0 Å². The van der Waals surface area contributed by atoms with E-state index in [0.29, 0.717) is 17.0 Å². The number of hydrogen-bond donors (Lipinski definition) is 2. The van der Waals surface area contributed by atoms with Gasteiger partial charge in [0.2, 0.25) is 11.8 Å². The SMILES string of the molecule is Cc1nnc(SCC2=C(C(=O)[O-])N3C(=O)C(NC(=O)C(NC(=O)N(C)C(=O)C=Cc4ccccc4)c4ccccc4)[C@@H]3SC2)o1.[Na+]. The minimum atomic E-state index is -1.51. The normalized spacial score (nSPS) is 17.8. The van der Waals surface area contributed by atoms with Gasteiger partial charge in [0.25, 0.3) is 17.0 Å². The van der Waals surface area contributed by atoms with Gasteiger partial charge < -0.3 is 25.0 Å². The zero-order valence-electron chi connectivity index (χ0n) is 25.0. The molecule has 3 heterocycles. The average Bonchev–Trinajstić information content (AvgIpc) is 3.48. The Balaban J connectivity index is 0.00000480. The van der Waals surface area contributed by atoms with Crippen molar-refractivity contribution in [2.75, 3.05) is 18.6 Å². The predicted octanol–water partition coefficient (Wildman–Crippen LogP) is -1.50. The number of urea groups is 1. The van der Waals surface area contributed by atoms with Crippen molar-refractivity contribution in [3.63, 3.8) is 0 Å². The Kier molecular flexibility index (Phi) is 11.9. The van der Waals surface area contributed by atoms with Gasteiger partial charge in [-0.3, -0.25) is 24.2 Å². The van der Waals surface area contributed by atoms with Crippen molar-refractivity contribution in [3.8, 4) is 0 Å². The molecule has 3 aromatic rings. The van der Waals surface area contributed by atoms with Gasteiger partial charge >= 0.3 is 35.6 Å². The predicted molar refractivity (Wildman–Crippen MR) is 163 cm³/mol. The van der Waals surface area contributed by atoms with Crippen LogP contribution in [0, 0.1) is 6.92 Å². The third-order valence-corrected chi connectivity index (χ3v) is 9.18. The van der Waals surface area contributed by atoms with Gasteiger partial charge in [-0.05, 0) is 22.8 Å². The van der Waals surface area contributed by atoms with E-state index in [2.05, 4.69) is 20.8 Å². The second kappa shape index (κ2) is 15.6. The first kappa shape index (κ1) is 35.0. The summed E-state index contributed by atoms with van der Waals surface area (Å²) in [5.74, 6) is -2.67. The van der Waals surface area contributed by atoms with Gasteiger partial charge in [-0.15, -0.1) is 22.0 Å². The Hall–Kier alpha value is -3.89. The molecule has 2 aliphatic rings. The molecule has 0 saturated carbocycles. The van der Waals surface area contributed by atoms with Gasteiger partial charge in [0.05, 0.1) is 11.7 Å². The molecule has 2 aliphatic heterocycles. The maximum absolute atomic E-state index is 13.6. The number of thioether (sulfide) groups is 2. The fraction of sp³-hybridized carbons (Fsp3) is 0.233. The monoisotopic (exact) mass is 670 g/mol. The molecule has 3 atom stereocenters. The van der Waals surface area contributed by atoms with Crippen LogP contribution in [0.25, 0.3) is 6.08 Å². The molecule has 0 aliphatic carbocycles. The van der Waals surface area contributed by atoms with Crippen molar-refractivity contribution in [2.45, 2.75) is 29.6 Å². The van der Waals surface area contributed by atoms with Gasteiger partial charge in [-0.25, -0.2) is 4.79 Å². The number of carbonyl (C=O) groups is 5. The van der Waals surface area contributed by atoms with Gasteiger partial charge in [0, 0.05) is 31.6 Å². The van der Waals surface area contributed by atoms with Crippen LogP contribution < -0.4 is 45.3 Å². The summed E-state index contributed by atoms with van der Waals surface area (Å²) < 4.78 is 5.32. The quantitative estimate of drug-likeness (QED) is 0.111. The molecule has 0 bridgehead atoms. The standard InChI is InChI=1S/C30H28N6O7S2.Na/c1-17-33-34-30(43-17)45-16-20-15-44-27-23(26(39)36(27)24(20)28(40)41)31-25(38)22(19-11-7-4-8-12-19)32-29(42)35(2)21(37)14-13-18-9-5-3-6-10-18;/h3-14,22-23,27H,15-16H2,1-2H3,(H,31,38)(H,32,42)(H,40,41);/q;+1/p-1/t22?,23?,27-;/m0./s1. The molecule has 5 amide bonds. The number of aryl methyl sites for hydroxylation is 1. The fourth-order valence-corrected chi connectivity index (χ4v) is 6.90. The molecular weight excluding hydrogens is 643 g/mol. The molecular formula is C30H27N6NaO7S2. The van der Waals surface area contributed by atoms with E-state index in [0.717, 1.165) is 27.1 Å². The van der Waals surface area contributed by atoms with Crippen LogP contribution >= 0.6 is 23.5 Å². The zero-order chi connectivity index (χ0) is 32.1. The Labute approximate surface area is 294 Å². The van der Waals surface area contributed by atoms with E-state index >= 15 is 0 Å². The van der Waals surface area contributed by atoms with E-state index in [4.69, 9.17) is 4.42 Å². The van der Waals surface area contributed by atoms with E-state index in [1.807, 2.05) is 18.2 Å². The van der Waals surface area contributed by atoms with Crippen LogP contribution in [-0.4, -0.2) is 79.7 Å². The summed E-state index contributed by atoms with van der Waals surface area (Å²) in [6.07, 6.45) is 2.81. The first-order chi connectivity index (χ1) is 21.6. The minimum absolute atomic E-state index is 0. The molecule has 5 rings (SSSR count). The molecule has 13 nitrogen and oxygen atoms in total. The molecule has 2 aromatic carbocycles. The molecule has 2 unspecified atom stereocenters. The number of carbonyl (C=O) groups excluding carboxylic acids is 5. The molecule has 1 saturated heterocycles. The van der Waals surface area contributed by atoms with Crippen molar-refractivity contribution in [3.05, 3.63) is 95.0 Å². The Bertz CT molecular complexity index is 1680. The summed E-state index contributed by atoms with van der Waals surface area (Å²) in [4.78, 5) is 66.6. The van der Waals surface area contributed by atoms with E-state index in [9.17, 15) is 29.1 Å². The van der Waals surface area contributed by atoms with E-state index in [1.165, 1.54) is 24.9 Å². The number of β-lactam (4-membered cyclic amide) rings is 1. The van der Waals surface area contributed by atoms with E-state index < -0.39 is 47.2 Å². The summed E-state index contributed by atoms with van der Waals surface area (Å²) >= 11 is 2.42. The second-order valence-electron chi connectivity index (χ2n) is 9.95. The number of benzene rings is 2. The number of aromatic nitrogens is 2. The number of amides is 5. The molecule has 1 fully saturated rings. The number of fused-ring (bicyclic) bond motifs is 1. The number of aliphatic carboxylic acids is 1. The van der Waals surface area contributed by atoms with Crippen molar-refractivity contribution < 1.29 is 63.1 Å². The molecule has 0 radical (unpaired) electrons. The molecule has 46 heavy (non-hydrogen) atoms. The minimum Gasteiger partial charge on any atom is -0.543 e. The number of hydrogen-bond acceptors (Lipinski definition) is 11. The summed E-state index contributed by atoms with van der Waals surface area (Å²) in [6.45, 7) is 1.63. The van der Waals surface area contributed by atoms with Gasteiger partial charge in [-0.1, -0.05) is 72.4 Å². The zero-order valence-corrected chi connectivity index (χ0v) is 28.7.